The summed E-state index contributed by atoms with van der Waals surface area (Å²) in [5.74, 6) is 0.356. The van der Waals surface area contributed by atoms with Gasteiger partial charge in [-0.1, -0.05) is 29.8 Å². The molecule has 0 aliphatic rings. The van der Waals surface area contributed by atoms with E-state index in [2.05, 4.69) is 38.1 Å². The van der Waals surface area contributed by atoms with Crippen molar-refractivity contribution in [1.82, 2.24) is 4.90 Å². The van der Waals surface area contributed by atoms with Gasteiger partial charge >= 0.3 is 0 Å². The maximum Gasteiger partial charge on any atom is 0.137 e. The fourth-order valence-corrected chi connectivity index (χ4v) is 1.89. The second-order valence-electron chi connectivity index (χ2n) is 4.96. The van der Waals surface area contributed by atoms with Gasteiger partial charge in [-0.15, -0.1) is 0 Å². The molecular weight excluding hydrogens is 210 g/mol. The van der Waals surface area contributed by atoms with E-state index in [1.54, 1.807) is 0 Å². The van der Waals surface area contributed by atoms with Crippen LogP contribution < -0.4 is 0 Å². The van der Waals surface area contributed by atoms with Gasteiger partial charge in [0.1, 0.15) is 5.78 Å². The number of aryl methyl sites for hydroxylation is 1. The molecule has 0 atom stereocenters. The normalized spacial score (nSPS) is 10.8. The molecule has 1 aromatic carbocycles. The third-order valence-electron chi connectivity index (χ3n) is 2.79. The van der Waals surface area contributed by atoms with E-state index >= 15 is 0 Å². The summed E-state index contributed by atoms with van der Waals surface area (Å²) >= 11 is 0. The summed E-state index contributed by atoms with van der Waals surface area (Å²) in [6, 6.07) is 8.21. The van der Waals surface area contributed by atoms with Crippen LogP contribution in [0.4, 0.5) is 0 Å². The van der Waals surface area contributed by atoms with E-state index < -0.39 is 0 Å². The molecule has 0 aromatic heterocycles. The molecule has 0 spiro atoms. The second kappa shape index (κ2) is 7.23. The van der Waals surface area contributed by atoms with Crippen molar-refractivity contribution in [3.63, 3.8) is 0 Å². The van der Waals surface area contributed by atoms with Gasteiger partial charge in [0.15, 0.2) is 0 Å². The van der Waals surface area contributed by atoms with Crippen molar-refractivity contribution in [1.29, 1.82) is 0 Å². The highest BCUT2D eigenvalue weighted by Gasteiger charge is 2.03. The molecule has 1 rings (SSSR count). The number of rotatable bonds is 7. The van der Waals surface area contributed by atoms with E-state index in [0.29, 0.717) is 18.6 Å². The van der Waals surface area contributed by atoms with Gasteiger partial charge in [0.25, 0.3) is 0 Å². The fourth-order valence-electron chi connectivity index (χ4n) is 1.89. The van der Waals surface area contributed by atoms with Crippen molar-refractivity contribution in [2.45, 2.75) is 32.6 Å². The maximum atomic E-state index is 11.8. The minimum absolute atomic E-state index is 0.356. The summed E-state index contributed by atoms with van der Waals surface area (Å²) in [6.45, 7) is 3.13. The number of carbonyl (C=O) groups is 1. The maximum absolute atomic E-state index is 11.8. The van der Waals surface area contributed by atoms with Gasteiger partial charge in [0, 0.05) is 12.8 Å². The van der Waals surface area contributed by atoms with Crippen LogP contribution in [0.15, 0.2) is 24.3 Å². The molecule has 94 valence electrons. The summed E-state index contributed by atoms with van der Waals surface area (Å²) in [5, 5.41) is 0. The number of benzene rings is 1. The SMILES string of the molecule is Cc1cccc(CC(=O)CCCCN(C)C)c1. The third-order valence-corrected chi connectivity index (χ3v) is 2.79. The first kappa shape index (κ1) is 13.9. The summed E-state index contributed by atoms with van der Waals surface area (Å²) in [6.07, 6.45) is 3.40. The van der Waals surface area contributed by atoms with Gasteiger partial charge in [0.2, 0.25) is 0 Å². The molecule has 0 fully saturated rings. The van der Waals surface area contributed by atoms with E-state index in [-0.39, 0.29) is 0 Å². The van der Waals surface area contributed by atoms with Crippen LogP contribution >= 0.6 is 0 Å². The number of ketones is 1. The molecule has 1 aromatic rings. The van der Waals surface area contributed by atoms with Crippen molar-refractivity contribution < 1.29 is 4.79 Å². The highest BCUT2D eigenvalue weighted by Crippen LogP contribution is 2.07. The van der Waals surface area contributed by atoms with Crippen molar-refractivity contribution in [3.05, 3.63) is 35.4 Å². The van der Waals surface area contributed by atoms with Crippen LogP contribution in [0.5, 0.6) is 0 Å². The Morgan fingerprint density at radius 2 is 2.00 bits per heavy atom. The summed E-state index contributed by atoms with van der Waals surface area (Å²) < 4.78 is 0. The summed E-state index contributed by atoms with van der Waals surface area (Å²) in [5.41, 5.74) is 2.37. The lowest BCUT2D eigenvalue weighted by atomic mass is 10.0. The fraction of sp³-hybridized carbons (Fsp3) is 0.533. The molecule has 0 aliphatic heterocycles. The zero-order chi connectivity index (χ0) is 12.7. The minimum atomic E-state index is 0.356. The van der Waals surface area contributed by atoms with Gasteiger partial charge in [-0.25, -0.2) is 0 Å². The van der Waals surface area contributed by atoms with Crippen molar-refractivity contribution >= 4 is 5.78 Å². The predicted octanol–water partition coefficient (Wildman–Crippen LogP) is 2.84. The first-order valence-electron chi connectivity index (χ1n) is 6.30. The zero-order valence-corrected chi connectivity index (χ0v) is 11.2. The lowest BCUT2D eigenvalue weighted by Gasteiger charge is -2.08. The number of Topliss-reactive ketones (excluding diaryl/α,β-unsaturated/α-hetero) is 1. The van der Waals surface area contributed by atoms with Crippen molar-refractivity contribution in [3.8, 4) is 0 Å². The van der Waals surface area contributed by atoms with Gasteiger partial charge < -0.3 is 4.90 Å². The molecule has 0 heterocycles. The molecule has 0 N–H and O–H groups in total. The topological polar surface area (TPSA) is 20.3 Å². The van der Waals surface area contributed by atoms with E-state index in [4.69, 9.17) is 0 Å². The van der Waals surface area contributed by atoms with Crippen LogP contribution in [0.25, 0.3) is 0 Å². The second-order valence-corrected chi connectivity index (χ2v) is 4.96. The first-order valence-corrected chi connectivity index (χ1v) is 6.30. The van der Waals surface area contributed by atoms with E-state index in [1.807, 2.05) is 12.1 Å². The van der Waals surface area contributed by atoms with Gasteiger partial charge in [-0.3, -0.25) is 4.79 Å². The molecule has 0 radical (unpaired) electrons. The Labute approximate surface area is 105 Å². The quantitative estimate of drug-likeness (QED) is 0.675. The molecule has 0 amide bonds. The molecule has 17 heavy (non-hydrogen) atoms. The first-order chi connectivity index (χ1) is 8.08. The van der Waals surface area contributed by atoms with E-state index in [9.17, 15) is 4.79 Å². The van der Waals surface area contributed by atoms with Crippen molar-refractivity contribution in [2.75, 3.05) is 20.6 Å². The Morgan fingerprint density at radius 3 is 2.65 bits per heavy atom. The minimum Gasteiger partial charge on any atom is -0.309 e. The average molecular weight is 233 g/mol. The Balaban J connectivity index is 2.25. The van der Waals surface area contributed by atoms with Gasteiger partial charge in [-0.2, -0.15) is 0 Å². The number of hydrogen-bond donors (Lipinski definition) is 0. The summed E-state index contributed by atoms with van der Waals surface area (Å²) in [4.78, 5) is 13.9. The van der Waals surface area contributed by atoms with Crippen LogP contribution in [-0.2, 0) is 11.2 Å². The molecule has 2 heteroatoms. The average Bonchev–Trinajstić information content (AvgIpc) is 2.24. The standard InChI is InChI=1S/C15H23NO/c1-13-7-6-8-14(11-13)12-15(17)9-4-5-10-16(2)3/h6-8,11H,4-5,9-10,12H2,1-3H3. The van der Waals surface area contributed by atoms with Crippen LogP contribution in [0.3, 0.4) is 0 Å². The Morgan fingerprint density at radius 1 is 1.24 bits per heavy atom. The smallest absolute Gasteiger partial charge is 0.137 e. The molecule has 0 saturated carbocycles. The highest BCUT2D eigenvalue weighted by molar-refractivity contribution is 5.80. The number of carbonyl (C=O) groups excluding carboxylic acids is 1. The molecule has 0 unspecified atom stereocenters. The molecule has 2 nitrogen and oxygen atoms in total. The van der Waals surface area contributed by atoms with Gasteiger partial charge in [-0.05, 0) is 46.0 Å². The Hall–Kier alpha value is -1.15. The largest absolute Gasteiger partial charge is 0.309 e. The number of unbranched alkanes of at least 4 members (excludes halogenated alkanes) is 1. The van der Waals surface area contributed by atoms with E-state index in [1.165, 1.54) is 5.56 Å². The van der Waals surface area contributed by atoms with Crippen LogP contribution in [0.2, 0.25) is 0 Å². The summed E-state index contributed by atoms with van der Waals surface area (Å²) in [7, 11) is 4.13. The third kappa shape index (κ3) is 6.22. The van der Waals surface area contributed by atoms with Crippen LogP contribution in [-0.4, -0.2) is 31.3 Å². The number of nitrogens with zero attached hydrogens (tertiary/aromatic N) is 1. The van der Waals surface area contributed by atoms with Gasteiger partial charge in [0.05, 0.1) is 0 Å². The van der Waals surface area contributed by atoms with E-state index in [0.717, 1.165) is 24.9 Å². The Bertz CT molecular complexity index is 358. The Kier molecular flexibility index (Phi) is 5.92. The predicted molar refractivity (Wildman–Crippen MR) is 72.3 cm³/mol. The van der Waals surface area contributed by atoms with Crippen molar-refractivity contribution in [2.24, 2.45) is 0 Å². The highest BCUT2D eigenvalue weighted by atomic mass is 16.1. The molecule has 0 aliphatic carbocycles. The number of hydrogen-bond acceptors (Lipinski definition) is 2. The molecule has 0 bridgehead atoms. The zero-order valence-electron chi connectivity index (χ0n) is 11.2. The lowest BCUT2D eigenvalue weighted by Crippen LogP contribution is -2.13. The lowest BCUT2D eigenvalue weighted by molar-refractivity contribution is -0.118. The monoisotopic (exact) mass is 233 g/mol. The van der Waals surface area contributed by atoms with Crippen LogP contribution in [0.1, 0.15) is 30.4 Å². The van der Waals surface area contributed by atoms with Crippen LogP contribution in [0, 0.1) is 6.92 Å². The molecular formula is C15H23NO. The molecule has 0 saturated heterocycles.